The first-order valence-electron chi connectivity index (χ1n) is 6.69. The van der Waals surface area contributed by atoms with Crippen LogP contribution < -0.4 is 0 Å². The van der Waals surface area contributed by atoms with E-state index in [9.17, 15) is 9.59 Å². The maximum atomic E-state index is 12.4. The van der Waals surface area contributed by atoms with Crippen LogP contribution >= 0.6 is 11.6 Å². The Morgan fingerprint density at radius 1 is 1.32 bits per heavy atom. The van der Waals surface area contributed by atoms with Crippen LogP contribution in [0.5, 0.6) is 0 Å². The average Bonchev–Trinajstić information content (AvgIpc) is 2.46. The average molecular weight is 280 g/mol. The van der Waals surface area contributed by atoms with E-state index in [1.54, 1.807) is 24.3 Å². The Hall–Kier alpha value is -1.35. The van der Waals surface area contributed by atoms with E-state index in [4.69, 9.17) is 11.6 Å². The van der Waals surface area contributed by atoms with Crippen LogP contribution in [0.25, 0.3) is 0 Å². The molecule has 19 heavy (non-hydrogen) atoms. The zero-order valence-corrected chi connectivity index (χ0v) is 11.8. The molecule has 1 amide bonds. The van der Waals surface area contributed by atoms with Gasteiger partial charge in [-0.15, -0.1) is 0 Å². The number of carbonyl (C=O) groups is 2. The van der Waals surface area contributed by atoms with Crippen molar-refractivity contribution in [3.05, 3.63) is 34.9 Å². The predicted octanol–water partition coefficient (Wildman–Crippen LogP) is 3.17. The molecule has 0 N–H and O–H groups in total. The standard InChI is InChI=1S/C15H18ClNO2/c1-2-14(18)17-9-3-4-12(10-17)15(19)11-5-7-13(16)8-6-11/h5-8,12H,2-4,9-10H2,1H3. The highest BCUT2D eigenvalue weighted by Gasteiger charge is 2.28. The molecule has 4 heteroatoms. The van der Waals surface area contributed by atoms with Gasteiger partial charge in [-0.1, -0.05) is 18.5 Å². The summed E-state index contributed by atoms with van der Waals surface area (Å²) in [7, 11) is 0. The molecule has 1 heterocycles. The van der Waals surface area contributed by atoms with Crippen LogP contribution in [0, 0.1) is 5.92 Å². The van der Waals surface area contributed by atoms with Gasteiger partial charge in [0, 0.05) is 36.0 Å². The van der Waals surface area contributed by atoms with Gasteiger partial charge in [0.25, 0.3) is 0 Å². The van der Waals surface area contributed by atoms with Gasteiger partial charge < -0.3 is 4.90 Å². The fourth-order valence-electron chi connectivity index (χ4n) is 2.49. The van der Waals surface area contributed by atoms with E-state index in [2.05, 4.69) is 0 Å². The van der Waals surface area contributed by atoms with Gasteiger partial charge >= 0.3 is 0 Å². The second kappa shape index (κ2) is 6.20. The lowest BCUT2D eigenvalue weighted by Gasteiger charge is -2.32. The normalized spacial score (nSPS) is 19.3. The number of piperidine rings is 1. The topological polar surface area (TPSA) is 37.4 Å². The summed E-state index contributed by atoms with van der Waals surface area (Å²) in [6, 6.07) is 6.97. The largest absolute Gasteiger partial charge is 0.342 e. The number of carbonyl (C=O) groups excluding carboxylic acids is 2. The van der Waals surface area contributed by atoms with Gasteiger partial charge in [0.15, 0.2) is 5.78 Å². The number of hydrogen-bond acceptors (Lipinski definition) is 2. The summed E-state index contributed by atoms with van der Waals surface area (Å²) in [5.74, 6) is 0.171. The predicted molar refractivity (Wildman–Crippen MR) is 75.4 cm³/mol. The molecular formula is C15H18ClNO2. The zero-order valence-electron chi connectivity index (χ0n) is 11.1. The molecule has 1 fully saturated rings. The Morgan fingerprint density at radius 3 is 2.63 bits per heavy atom. The van der Waals surface area contributed by atoms with E-state index < -0.39 is 0 Å². The van der Waals surface area contributed by atoms with Crippen molar-refractivity contribution in [2.24, 2.45) is 5.92 Å². The number of ketones is 1. The van der Waals surface area contributed by atoms with Crippen molar-refractivity contribution in [2.75, 3.05) is 13.1 Å². The van der Waals surface area contributed by atoms with E-state index in [0.29, 0.717) is 23.6 Å². The van der Waals surface area contributed by atoms with Crippen LogP contribution in [-0.2, 0) is 4.79 Å². The van der Waals surface area contributed by atoms with Gasteiger partial charge in [0.2, 0.25) is 5.91 Å². The molecule has 1 saturated heterocycles. The molecule has 1 aromatic rings. The lowest BCUT2D eigenvalue weighted by Crippen LogP contribution is -2.42. The lowest BCUT2D eigenvalue weighted by atomic mass is 9.90. The Morgan fingerprint density at radius 2 is 2.00 bits per heavy atom. The van der Waals surface area contributed by atoms with Crippen LogP contribution in [0.2, 0.25) is 5.02 Å². The number of likely N-dealkylation sites (tertiary alicyclic amines) is 1. The van der Waals surface area contributed by atoms with Crippen LogP contribution in [0.1, 0.15) is 36.5 Å². The lowest BCUT2D eigenvalue weighted by molar-refractivity contribution is -0.132. The van der Waals surface area contributed by atoms with Crippen molar-refractivity contribution in [1.82, 2.24) is 4.90 Å². The zero-order chi connectivity index (χ0) is 13.8. The summed E-state index contributed by atoms with van der Waals surface area (Å²) in [5, 5.41) is 0.628. The fraction of sp³-hybridized carbons (Fsp3) is 0.467. The van der Waals surface area contributed by atoms with Crippen LogP contribution in [0.15, 0.2) is 24.3 Å². The minimum absolute atomic E-state index is 0.0783. The molecule has 0 bridgehead atoms. The van der Waals surface area contributed by atoms with Crippen LogP contribution in [-0.4, -0.2) is 29.7 Å². The van der Waals surface area contributed by atoms with E-state index in [1.165, 1.54) is 0 Å². The number of Topliss-reactive ketones (excluding diaryl/α,β-unsaturated/α-hetero) is 1. The summed E-state index contributed by atoms with van der Waals surface area (Å²) in [6.45, 7) is 3.18. The first kappa shape index (κ1) is 14.1. The minimum atomic E-state index is -0.0783. The van der Waals surface area contributed by atoms with Crippen LogP contribution in [0.3, 0.4) is 0 Å². The molecule has 0 aromatic heterocycles. The quantitative estimate of drug-likeness (QED) is 0.797. The van der Waals surface area contributed by atoms with Gasteiger partial charge in [0.1, 0.15) is 0 Å². The Kier molecular flexibility index (Phi) is 4.59. The highest BCUT2D eigenvalue weighted by molar-refractivity contribution is 6.30. The summed E-state index contributed by atoms with van der Waals surface area (Å²) in [5.41, 5.74) is 0.681. The van der Waals surface area contributed by atoms with Crippen molar-refractivity contribution < 1.29 is 9.59 Å². The fourth-order valence-corrected chi connectivity index (χ4v) is 2.62. The second-order valence-corrected chi connectivity index (χ2v) is 5.34. The molecule has 1 aliphatic heterocycles. The summed E-state index contributed by atoms with van der Waals surface area (Å²) >= 11 is 5.82. The van der Waals surface area contributed by atoms with Crippen molar-refractivity contribution in [3.63, 3.8) is 0 Å². The highest BCUT2D eigenvalue weighted by atomic mass is 35.5. The number of nitrogens with zero attached hydrogens (tertiary/aromatic N) is 1. The first-order valence-corrected chi connectivity index (χ1v) is 7.07. The third-order valence-corrected chi connectivity index (χ3v) is 3.83. The maximum absolute atomic E-state index is 12.4. The van der Waals surface area contributed by atoms with Gasteiger partial charge in [-0.3, -0.25) is 9.59 Å². The molecular weight excluding hydrogens is 262 g/mol. The third kappa shape index (κ3) is 3.35. The Labute approximate surface area is 118 Å². The molecule has 1 aliphatic rings. The smallest absolute Gasteiger partial charge is 0.222 e. The minimum Gasteiger partial charge on any atom is -0.342 e. The molecule has 1 unspecified atom stereocenters. The summed E-state index contributed by atoms with van der Waals surface area (Å²) < 4.78 is 0. The van der Waals surface area contributed by atoms with Gasteiger partial charge in [0.05, 0.1) is 0 Å². The van der Waals surface area contributed by atoms with Gasteiger partial charge in [-0.05, 0) is 37.1 Å². The number of hydrogen-bond donors (Lipinski definition) is 0. The highest BCUT2D eigenvalue weighted by Crippen LogP contribution is 2.22. The number of amides is 1. The molecule has 0 aliphatic carbocycles. The summed E-state index contributed by atoms with van der Waals surface area (Å²) in [6.07, 6.45) is 2.26. The third-order valence-electron chi connectivity index (χ3n) is 3.58. The van der Waals surface area contributed by atoms with Crippen molar-refractivity contribution in [2.45, 2.75) is 26.2 Å². The molecule has 102 valence electrons. The monoisotopic (exact) mass is 279 g/mol. The van der Waals surface area contributed by atoms with E-state index in [1.807, 2.05) is 11.8 Å². The first-order chi connectivity index (χ1) is 9.11. The summed E-state index contributed by atoms with van der Waals surface area (Å²) in [4.78, 5) is 25.9. The van der Waals surface area contributed by atoms with Crippen molar-refractivity contribution in [3.8, 4) is 0 Å². The second-order valence-electron chi connectivity index (χ2n) is 4.90. The maximum Gasteiger partial charge on any atom is 0.222 e. The SMILES string of the molecule is CCC(=O)N1CCCC(C(=O)c2ccc(Cl)cc2)C1. The van der Waals surface area contributed by atoms with E-state index in [0.717, 1.165) is 19.4 Å². The van der Waals surface area contributed by atoms with Gasteiger partial charge in [-0.25, -0.2) is 0 Å². The Balaban J connectivity index is 2.06. The van der Waals surface area contributed by atoms with E-state index in [-0.39, 0.29) is 17.6 Å². The Bertz CT molecular complexity index is 470. The molecule has 0 spiro atoms. The van der Waals surface area contributed by atoms with Gasteiger partial charge in [-0.2, -0.15) is 0 Å². The molecule has 2 rings (SSSR count). The molecule has 1 atom stereocenters. The van der Waals surface area contributed by atoms with Crippen LogP contribution in [0.4, 0.5) is 0 Å². The number of halogens is 1. The molecule has 0 radical (unpaired) electrons. The number of rotatable bonds is 3. The van der Waals surface area contributed by atoms with Crippen molar-refractivity contribution in [1.29, 1.82) is 0 Å². The molecule has 1 aromatic carbocycles. The van der Waals surface area contributed by atoms with E-state index >= 15 is 0 Å². The van der Waals surface area contributed by atoms with Crippen molar-refractivity contribution >= 4 is 23.3 Å². The molecule has 3 nitrogen and oxygen atoms in total. The number of benzene rings is 1. The molecule has 0 saturated carbocycles.